The Morgan fingerprint density at radius 2 is 2.05 bits per heavy atom. The number of carboxylic acid groups (broad SMARTS) is 1. The summed E-state index contributed by atoms with van der Waals surface area (Å²) in [6.45, 7) is -0.928. The first-order valence-electron chi connectivity index (χ1n) is 5.84. The summed E-state index contributed by atoms with van der Waals surface area (Å²) in [5.74, 6) is -2.75. The van der Waals surface area contributed by atoms with E-state index in [-0.39, 0.29) is 18.7 Å². The van der Waals surface area contributed by atoms with Crippen molar-refractivity contribution in [1.29, 1.82) is 0 Å². The number of amides is 1. The van der Waals surface area contributed by atoms with Crippen molar-refractivity contribution in [3.63, 3.8) is 0 Å². The van der Waals surface area contributed by atoms with Crippen LogP contribution in [0.4, 0.5) is 0 Å². The fraction of sp³-hybridized carbons (Fsp3) is 0.778. The number of nitrogens with one attached hydrogen (secondary N) is 1. The van der Waals surface area contributed by atoms with E-state index in [4.69, 9.17) is 5.11 Å². The van der Waals surface area contributed by atoms with Crippen molar-refractivity contribution in [2.75, 3.05) is 24.6 Å². The van der Waals surface area contributed by atoms with E-state index >= 15 is 0 Å². The summed E-state index contributed by atoms with van der Waals surface area (Å²) in [7, 11) is -7.57. The van der Waals surface area contributed by atoms with Crippen LogP contribution in [0.1, 0.15) is 6.42 Å². The first-order chi connectivity index (χ1) is 9.13. The zero-order valence-electron chi connectivity index (χ0n) is 10.4. The number of carboxylic acids is 1. The topological polar surface area (TPSA) is 138 Å². The lowest BCUT2D eigenvalue weighted by atomic mass is 10.2. The molecule has 2 N–H and O–H groups in total. The Morgan fingerprint density at radius 3 is 2.55 bits per heavy atom. The zero-order chi connectivity index (χ0) is 15.1. The highest BCUT2D eigenvalue weighted by Gasteiger charge is 2.46. The molecule has 0 spiro atoms. The number of hydrogen-bond donors (Lipinski definition) is 2. The van der Waals surface area contributed by atoms with Gasteiger partial charge in [-0.1, -0.05) is 0 Å². The van der Waals surface area contributed by atoms with Gasteiger partial charge in [-0.25, -0.2) is 16.8 Å². The number of rotatable bonds is 3. The standard InChI is InChI=1S/C9H14N2O7S2/c12-8-4-11(7(3-10-8)9(13)14)20(17,18)6-1-2-19(15,16)5-6/h6-7H,1-5H2,(H,10,12)(H,13,14). The monoisotopic (exact) mass is 326 g/mol. The molecule has 2 unspecified atom stereocenters. The van der Waals surface area contributed by atoms with E-state index in [1.54, 1.807) is 0 Å². The van der Waals surface area contributed by atoms with E-state index in [0.29, 0.717) is 4.31 Å². The van der Waals surface area contributed by atoms with Gasteiger partial charge in [0.05, 0.1) is 23.3 Å². The molecule has 2 saturated heterocycles. The molecular formula is C9H14N2O7S2. The quantitative estimate of drug-likeness (QED) is 0.579. The summed E-state index contributed by atoms with van der Waals surface area (Å²) in [5.41, 5.74) is 0. The van der Waals surface area contributed by atoms with Gasteiger partial charge in [0.2, 0.25) is 15.9 Å². The van der Waals surface area contributed by atoms with Crippen LogP contribution in [-0.2, 0) is 29.4 Å². The molecule has 11 heteroatoms. The summed E-state index contributed by atoms with van der Waals surface area (Å²) in [6, 6.07) is -1.40. The minimum absolute atomic E-state index is 0.0743. The third kappa shape index (κ3) is 2.79. The van der Waals surface area contributed by atoms with Crippen LogP contribution in [0, 0.1) is 0 Å². The fourth-order valence-electron chi connectivity index (χ4n) is 2.29. The molecule has 0 bridgehead atoms. The molecule has 0 radical (unpaired) electrons. The second-order valence-corrected chi connectivity index (χ2v) is 9.17. The van der Waals surface area contributed by atoms with Gasteiger partial charge in [0.15, 0.2) is 9.84 Å². The molecule has 2 rings (SSSR count). The Morgan fingerprint density at radius 1 is 1.40 bits per heavy atom. The highest BCUT2D eigenvalue weighted by atomic mass is 32.2. The molecule has 2 atom stereocenters. The zero-order valence-corrected chi connectivity index (χ0v) is 12.0. The lowest BCUT2D eigenvalue weighted by Gasteiger charge is -2.33. The van der Waals surface area contributed by atoms with Gasteiger partial charge in [-0.15, -0.1) is 0 Å². The van der Waals surface area contributed by atoms with Crippen LogP contribution < -0.4 is 5.32 Å². The lowest BCUT2D eigenvalue weighted by Crippen LogP contribution is -2.60. The number of aliphatic carboxylic acids is 1. The van der Waals surface area contributed by atoms with Crippen LogP contribution in [0.5, 0.6) is 0 Å². The molecule has 2 fully saturated rings. The molecular weight excluding hydrogens is 312 g/mol. The van der Waals surface area contributed by atoms with Gasteiger partial charge in [-0.3, -0.25) is 9.59 Å². The molecule has 0 saturated carbocycles. The molecule has 0 aromatic heterocycles. The van der Waals surface area contributed by atoms with Crippen molar-refractivity contribution in [2.45, 2.75) is 17.7 Å². The van der Waals surface area contributed by atoms with Crippen LogP contribution in [0.25, 0.3) is 0 Å². The van der Waals surface area contributed by atoms with E-state index in [2.05, 4.69) is 5.32 Å². The Bertz CT molecular complexity index is 639. The molecule has 0 aromatic carbocycles. The second kappa shape index (κ2) is 4.97. The summed E-state index contributed by atoms with van der Waals surface area (Å²) in [6.07, 6.45) is -0.0743. The Kier molecular flexibility index (Phi) is 3.77. The first kappa shape index (κ1) is 15.2. The Hall–Kier alpha value is -1.20. The normalized spacial score (nSPS) is 30.9. The molecule has 2 aliphatic rings. The molecule has 114 valence electrons. The Balaban J connectivity index is 2.31. The van der Waals surface area contributed by atoms with Gasteiger partial charge >= 0.3 is 5.97 Å². The van der Waals surface area contributed by atoms with Gasteiger partial charge in [0.1, 0.15) is 6.04 Å². The van der Waals surface area contributed by atoms with Crippen molar-refractivity contribution >= 4 is 31.7 Å². The molecule has 9 nitrogen and oxygen atoms in total. The van der Waals surface area contributed by atoms with Crippen molar-refractivity contribution in [2.24, 2.45) is 0 Å². The lowest BCUT2D eigenvalue weighted by molar-refractivity contribution is -0.143. The third-order valence-corrected chi connectivity index (χ3v) is 7.62. The highest BCUT2D eigenvalue weighted by Crippen LogP contribution is 2.24. The van der Waals surface area contributed by atoms with Crippen molar-refractivity contribution < 1.29 is 31.5 Å². The van der Waals surface area contributed by atoms with Crippen molar-refractivity contribution in [3.05, 3.63) is 0 Å². The van der Waals surface area contributed by atoms with E-state index in [9.17, 15) is 26.4 Å². The average Bonchev–Trinajstić information content (AvgIpc) is 2.70. The number of sulfone groups is 1. The second-order valence-electron chi connectivity index (χ2n) is 4.77. The minimum atomic E-state index is -4.15. The number of piperazine rings is 1. The minimum Gasteiger partial charge on any atom is -0.480 e. The summed E-state index contributed by atoms with van der Waals surface area (Å²) < 4.78 is 48.0. The van der Waals surface area contributed by atoms with Gasteiger partial charge in [-0.2, -0.15) is 4.31 Å². The molecule has 0 aliphatic carbocycles. The molecule has 1 amide bonds. The summed E-state index contributed by atoms with van der Waals surface area (Å²) in [5, 5.41) is 10.1. The molecule has 2 aliphatic heterocycles. The summed E-state index contributed by atoms with van der Waals surface area (Å²) in [4.78, 5) is 22.4. The Labute approximate surface area is 115 Å². The number of nitrogens with zero attached hydrogens (tertiary/aromatic N) is 1. The molecule has 20 heavy (non-hydrogen) atoms. The van der Waals surface area contributed by atoms with Gasteiger partial charge < -0.3 is 10.4 Å². The van der Waals surface area contributed by atoms with Crippen molar-refractivity contribution in [3.8, 4) is 0 Å². The number of carbonyl (C=O) groups excluding carboxylic acids is 1. The maximum Gasteiger partial charge on any atom is 0.323 e. The maximum atomic E-state index is 12.4. The van der Waals surface area contributed by atoms with Gasteiger partial charge in [0, 0.05) is 6.54 Å². The van der Waals surface area contributed by atoms with E-state index in [1.165, 1.54) is 0 Å². The predicted molar refractivity (Wildman–Crippen MR) is 67.1 cm³/mol. The van der Waals surface area contributed by atoms with Gasteiger partial charge in [0.25, 0.3) is 0 Å². The van der Waals surface area contributed by atoms with Gasteiger partial charge in [-0.05, 0) is 6.42 Å². The SMILES string of the molecule is O=C1CN(S(=O)(=O)C2CCS(=O)(=O)C2)C(C(=O)O)CN1. The third-order valence-electron chi connectivity index (χ3n) is 3.36. The first-order valence-corrected chi connectivity index (χ1v) is 9.16. The van der Waals surface area contributed by atoms with Crippen LogP contribution in [0.2, 0.25) is 0 Å². The number of hydrogen-bond acceptors (Lipinski definition) is 6. The predicted octanol–water partition coefficient (Wildman–Crippen LogP) is -2.61. The molecule has 2 heterocycles. The highest BCUT2D eigenvalue weighted by molar-refractivity contribution is 7.95. The van der Waals surface area contributed by atoms with E-state index in [1.807, 2.05) is 0 Å². The van der Waals surface area contributed by atoms with Crippen LogP contribution >= 0.6 is 0 Å². The van der Waals surface area contributed by atoms with Crippen molar-refractivity contribution in [1.82, 2.24) is 9.62 Å². The van der Waals surface area contributed by atoms with E-state index in [0.717, 1.165) is 0 Å². The average molecular weight is 326 g/mol. The number of sulfonamides is 1. The molecule has 0 aromatic rings. The number of carbonyl (C=O) groups is 2. The maximum absolute atomic E-state index is 12.4. The van der Waals surface area contributed by atoms with Crippen LogP contribution in [0.15, 0.2) is 0 Å². The van der Waals surface area contributed by atoms with E-state index < -0.39 is 55.3 Å². The smallest absolute Gasteiger partial charge is 0.323 e. The summed E-state index contributed by atoms with van der Waals surface area (Å²) >= 11 is 0. The fourth-order valence-corrected chi connectivity index (χ4v) is 6.90. The van der Waals surface area contributed by atoms with Crippen LogP contribution in [-0.4, -0.2) is 74.0 Å². The largest absolute Gasteiger partial charge is 0.480 e. The van der Waals surface area contributed by atoms with Crippen LogP contribution in [0.3, 0.4) is 0 Å².